The summed E-state index contributed by atoms with van der Waals surface area (Å²) in [6.45, 7) is 9.44. The molecule has 0 radical (unpaired) electrons. The first-order valence-electron chi connectivity index (χ1n) is 26.9. The van der Waals surface area contributed by atoms with Gasteiger partial charge < -0.3 is 64.7 Å². The standard InChI is InChI=1S/C56H69FN8O15/c1-7-56(74)38-23-43-49-36(25-65(43)53(71)37(38)27-79-54(56)72)47-40(15-14-35-31(4)39(57)24-41(61-49)46(35)47)62-51(69)42-9-8-17-64(42)55(73)80-26-33-10-12-34(13-11-33)60-50(68)32(5)59-52(70)48(30(2)3)63-45(67)29-78-28-44(66)58-16-18-76-21-22-77-20-19-75-6/h10-13,23-24,30,32,40,42,48,74H,7-9,14-22,25-29H2,1-6H3,(H,58,66)(H,59,70)(H,60,68)(H,62,69)(H,63,67)/t32-,40-,42-,48-,56-/m0/s1. The largest absolute Gasteiger partial charge is 0.458 e. The van der Waals surface area contributed by atoms with Gasteiger partial charge in [0.15, 0.2) is 5.60 Å². The number of aryl methyl sites for hydroxylation is 1. The van der Waals surface area contributed by atoms with Gasteiger partial charge in [-0.05, 0) is 92.3 Å². The van der Waals surface area contributed by atoms with Crippen molar-refractivity contribution in [2.45, 2.75) is 116 Å². The molecule has 0 saturated carbocycles. The molecule has 6 amide bonds. The number of carbonyl (C=O) groups is 7. The molecule has 6 N–H and O–H groups in total. The van der Waals surface area contributed by atoms with Crippen LogP contribution in [0.3, 0.4) is 0 Å². The average molecular weight is 1110 g/mol. The summed E-state index contributed by atoms with van der Waals surface area (Å²) in [5, 5.41) is 25.9. The first kappa shape index (κ1) is 58.8. The van der Waals surface area contributed by atoms with Crippen LogP contribution in [0.4, 0.5) is 14.9 Å². The first-order valence-corrected chi connectivity index (χ1v) is 26.9. The molecule has 430 valence electrons. The predicted molar refractivity (Wildman–Crippen MR) is 285 cm³/mol. The topological polar surface area (TPSA) is 293 Å². The number of ether oxygens (including phenoxy) is 6. The molecule has 4 aromatic rings. The second kappa shape index (κ2) is 25.8. The Morgan fingerprint density at radius 2 is 1.62 bits per heavy atom. The smallest absolute Gasteiger partial charge is 0.410 e. The predicted octanol–water partition coefficient (Wildman–Crippen LogP) is 2.83. The molecule has 23 nitrogen and oxygen atoms in total. The molecule has 5 atom stereocenters. The van der Waals surface area contributed by atoms with E-state index in [4.69, 9.17) is 33.4 Å². The van der Waals surface area contributed by atoms with Gasteiger partial charge >= 0.3 is 12.1 Å². The van der Waals surface area contributed by atoms with Gasteiger partial charge in [0.1, 0.15) is 50.4 Å². The fourth-order valence-electron chi connectivity index (χ4n) is 10.5. The van der Waals surface area contributed by atoms with Crippen molar-refractivity contribution in [3.63, 3.8) is 0 Å². The van der Waals surface area contributed by atoms with Crippen LogP contribution in [0.5, 0.6) is 0 Å². The third kappa shape index (κ3) is 12.8. The molecular formula is C56H69FN8O15. The molecule has 5 heterocycles. The highest BCUT2D eigenvalue weighted by Crippen LogP contribution is 2.46. The van der Waals surface area contributed by atoms with E-state index in [-0.39, 0.29) is 69.5 Å². The number of methoxy groups -OCH3 is 1. The van der Waals surface area contributed by atoms with Gasteiger partial charge in [-0.3, -0.25) is 33.7 Å². The zero-order valence-corrected chi connectivity index (χ0v) is 45.8. The number of hydrogen-bond acceptors (Lipinski definition) is 16. The summed E-state index contributed by atoms with van der Waals surface area (Å²) in [6.07, 6.45) is 0.977. The van der Waals surface area contributed by atoms with Crippen molar-refractivity contribution in [1.82, 2.24) is 35.7 Å². The van der Waals surface area contributed by atoms with Crippen LogP contribution in [0.1, 0.15) is 98.4 Å². The van der Waals surface area contributed by atoms with Crippen molar-refractivity contribution < 1.29 is 71.5 Å². The van der Waals surface area contributed by atoms with E-state index >= 15 is 4.39 Å². The van der Waals surface area contributed by atoms with E-state index in [1.807, 2.05) is 0 Å². The van der Waals surface area contributed by atoms with Crippen LogP contribution in [-0.4, -0.2) is 146 Å². The number of rotatable bonds is 24. The number of fused-ring (bicyclic) bond motifs is 5. The summed E-state index contributed by atoms with van der Waals surface area (Å²) in [7, 11) is 1.58. The fourth-order valence-corrected chi connectivity index (χ4v) is 10.5. The Bertz CT molecular complexity index is 3100. The molecule has 24 heteroatoms. The summed E-state index contributed by atoms with van der Waals surface area (Å²) in [5.74, 6) is -4.32. The quantitative estimate of drug-likeness (QED) is 0.0383. The Kier molecular flexibility index (Phi) is 19.0. The second-order valence-corrected chi connectivity index (χ2v) is 20.6. The Morgan fingerprint density at radius 1 is 0.900 bits per heavy atom. The maximum Gasteiger partial charge on any atom is 0.410 e. The van der Waals surface area contributed by atoms with E-state index in [2.05, 4.69) is 26.6 Å². The van der Waals surface area contributed by atoms with Crippen molar-refractivity contribution in [2.24, 2.45) is 5.92 Å². The molecule has 2 aromatic heterocycles. The summed E-state index contributed by atoms with van der Waals surface area (Å²) in [5.41, 5.74) is 2.37. The zero-order valence-electron chi connectivity index (χ0n) is 45.8. The lowest BCUT2D eigenvalue weighted by Crippen LogP contribution is -2.54. The molecule has 8 rings (SSSR count). The van der Waals surface area contributed by atoms with Crippen LogP contribution in [0, 0.1) is 18.7 Å². The number of aromatic nitrogens is 2. The zero-order chi connectivity index (χ0) is 57.4. The Hall–Kier alpha value is -7.38. The van der Waals surface area contributed by atoms with E-state index in [9.17, 15) is 43.5 Å². The number of hydrogen-bond donors (Lipinski definition) is 6. The van der Waals surface area contributed by atoms with Gasteiger partial charge in [-0.15, -0.1) is 0 Å². The van der Waals surface area contributed by atoms with E-state index in [0.29, 0.717) is 102 Å². The maximum atomic E-state index is 15.5. The monoisotopic (exact) mass is 1110 g/mol. The lowest BCUT2D eigenvalue weighted by molar-refractivity contribution is -0.172. The van der Waals surface area contributed by atoms with Crippen LogP contribution in [-0.2, 0) is 89.0 Å². The summed E-state index contributed by atoms with van der Waals surface area (Å²) >= 11 is 0. The first-order chi connectivity index (χ1) is 38.3. The average Bonchev–Trinajstić information content (AvgIpc) is 4.27. The number of likely N-dealkylation sites (tertiary alicyclic amines) is 1. The highest BCUT2D eigenvalue weighted by molar-refractivity contribution is 5.98. The highest BCUT2D eigenvalue weighted by Gasteiger charge is 2.46. The Labute approximate surface area is 460 Å². The number of esters is 1. The third-order valence-corrected chi connectivity index (χ3v) is 14.9. The number of carbonyl (C=O) groups excluding carboxylic acids is 7. The van der Waals surface area contributed by atoms with Gasteiger partial charge in [-0.25, -0.2) is 19.0 Å². The maximum absolute atomic E-state index is 15.5. The second-order valence-electron chi connectivity index (χ2n) is 20.6. The fraction of sp³-hybridized carbons (Fsp3) is 0.518. The minimum atomic E-state index is -2.05. The molecule has 2 aromatic carbocycles. The Balaban J connectivity index is 0.821. The van der Waals surface area contributed by atoms with Gasteiger partial charge in [0, 0.05) is 48.5 Å². The number of nitrogens with one attached hydrogen (secondary N) is 5. The van der Waals surface area contributed by atoms with Gasteiger partial charge in [0.25, 0.3) is 5.56 Å². The SMILES string of the molecule is CC[C@@]1(O)C(=O)OCc2c1cc1n(c2=O)Cc2c-1nc1cc(F)c(C)c3c1c2[C@@H](NC(=O)[C@@H]1CCCN1C(=O)OCc1ccc(NC(=O)[C@H](C)NC(=O)[C@@H](NC(=O)COCC(=O)NCCOCCOCCOC)C(C)C)cc1)CC3. The van der Waals surface area contributed by atoms with Crippen molar-refractivity contribution in [3.8, 4) is 11.4 Å². The number of pyridine rings is 2. The van der Waals surface area contributed by atoms with Gasteiger partial charge in [-0.2, -0.15) is 0 Å². The number of amides is 6. The van der Waals surface area contributed by atoms with E-state index in [0.717, 1.165) is 5.56 Å². The molecular weight excluding hydrogens is 1040 g/mol. The molecule has 0 spiro atoms. The lowest BCUT2D eigenvalue weighted by atomic mass is 9.81. The minimum Gasteiger partial charge on any atom is -0.458 e. The van der Waals surface area contributed by atoms with E-state index in [1.54, 1.807) is 65.1 Å². The van der Waals surface area contributed by atoms with Gasteiger partial charge in [0.05, 0.1) is 68.1 Å². The van der Waals surface area contributed by atoms with Crippen LogP contribution < -0.4 is 32.1 Å². The van der Waals surface area contributed by atoms with E-state index in [1.165, 1.54) is 22.5 Å². The summed E-state index contributed by atoms with van der Waals surface area (Å²) in [4.78, 5) is 112. The van der Waals surface area contributed by atoms with Gasteiger partial charge in [-0.1, -0.05) is 32.9 Å². The van der Waals surface area contributed by atoms with Crippen molar-refractivity contribution >= 4 is 58.2 Å². The van der Waals surface area contributed by atoms with Crippen LogP contribution in [0.2, 0.25) is 0 Å². The molecule has 1 saturated heterocycles. The molecule has 4 aliphatic rings. The van der Waals surface area contributed by atoms with Crippen molar-refractivity contribution in [2.75, 3.05) is 71.8 Å². The van der Waals surface area contributed by atoms with Crippen LogP contribution >= 0.6 is 0 Å². The lowest BCUT2D eigenvalue weighted by Gasteiger charge is -2.32. The number of anilines is 1. The van der Waals surface area contributed by atoms with Crippen molar-refractivity contribution in [3.05, 3.63) is 91.5 Å². The third-order valence-electron chi connectivity index (χ3n) is 14.9. The molecule has 1 aliphatic carbocycles. The van der Waals surface area contributed by atoms with Crippen LogP contribution in [0.25, 0.3) is 22.3 Å². The minimum absolute atomic E-state index is 0.0395. The Morgan fingerprint density at radius 3 is 2.35 bits per heavy atom. The summed E-state index contributed by atoms with van der Waals surface area (Å²) < 4.78 is 48.7. The van der Waals surface area contributed by atoms with Crippen molar-refractivity contribution in [1.29, 1.82) is 0 Å². The molecule has 0 bridgehead atoms. The number of cyclic esters (lactones) is 1. The molecule has 3 aliphatic heterocycles. The molecule has 80 heavy (non-hydrogen) atoms. The highest BCUT2D eigenvalue weighted by atomic mass is 19.1. The van der Waals surface area contributed by atoms with Crippen LogP contribution in [0.15, 0.2) is 41.2 Å². The number of halogens is 1. The summed E-state index contributed by atoms with van der Waals surface area (Å²) in [6, 6.07) is 5.91. The normalized spacial score (nSPS) is 18.6. The number of aliphatic hydroxyl groups is 1. The van der Waals surface area contributed by atoms with Gasteiger partial charge in [0.2, 0.25) is 29.5 Å². The molecule has 1 fully saturated rings. The van der Waals surface area contributed by atoms with E-state index < -0.39 is 89.4 Å². The number of nitrogens with zero attached hydrogens (tertiary/aromatic N) is 3. The number of benzene rings is 2. The molecule has 0 unspecified atom stereocenters.